The van der Waals surface area contributed by atoms with Crippen molar-refractivity contribution < 1.29 is 23.8 Å². The summed E-state index contributed by atoms with van der Waals surface area (Å²) in [5.41, 5.74) is 0.842. The minimum Gasteiger partial charge on any atom is -0.488 e. The molecular weight excluding hydrogens is 405 g/mol. The summed E-state index contributed by atoms with van der Waals surface area (Å²) >= 11 is 0. The monoisotopic (exact) mass is 435 g/mol. The van der Waals surface area contributed by atoms with Gasteiger partial charge in [0.25, 0.3) is 5.91 Å². The Balaban J connectivity index is 1.64. The normalized spacial score (nSPS) is 25.2. The van der Waals surface area contributed by atoms with Gasteiger partial charge in [0.05, 0.1) is 23.5 Å². The number of hydrogen-bond donors (Lipinski definition) is 1. The number of rotatable bonds is 4. The Morgan fingerprint density at radius 1 is 1.35 bits per heavy atom. The van der Waals surface area contributed by atoms with E-state index in [1.54, 1.807) is 11.1 Å². The van der Waals surface area contributed by atoms with Crippen LogP contribution in [0, 0.1) is 0 Å². The lowest BCUT2D eigenvalue weighted by Crippen LogP contribution is -2.57. The van der Waals surface area contributed by atoms with Gasteiger partial charge >= 0.3 is 6.09 Å². The number of anilines is 1. The molecule has 4 heterocycles. The molecule has 2 unspecified atom stereocenters. The summed E-state index contributed by atoms with van der Waals surface area (Å²) in [7, 11) is 1.94. The van der Waals surface area contributed by atoms with E-state index in [0.717, 1.165) is 18.7 Å². The van der Waals surface area contributed by atoms with Gasteiger partial charge in [0.15, 0.2) is 5.75 Å². The Labute approximate surface area is 181 Å². The molecule has 1 N–H and O–H groups in total. The van der Waals surface area contributed by atoms with Gasteiger partial charge in [-0.25, -0.2) is 9.18 Å². The molecule has 170 valence electrons. The molecule has 9 nitrogen and oxygen atoms in total. The van der Waals surface area contributed by atoms with Crippen LogP contribution in [0.25, 0.3) is 0 Å². The molecule has 10 heteroatoms. The number of pyridine rings is 1. The summed E-state index contributed by atoms with van der Waals surface area (Å²) < 4.78 is 19.1. The van der Waals surface area contributed by atoms with Crippen molar-refractivity contribution in [1.29, 1.82) is 0 Å². The molecule has 3 aliphatic rings. The number of carbonyl (C=O) groups is 2. The number of nitrogens with zero attached hydrogens (tertiary/aromatic N) is 5. The van der Waals surface area contributed by atoms with Crippen molar-refractivity contribution in [2.75, 3.05) is 58.0 Å². The summed E-state index contributed by atoms with van der Waals surface area (Å²) in [4.78, 5) is 36.3. The number of hydrogen-bond acceptors (Lipinski definition) is 6. The Kier molecular flexibility index (Phi) is 5.67. The average molecular weight is 436 g/mol. The Morgan fingerprint density at radius 2 is 2.13 bits per heavy atom. The molecule has 0 aliphatic carbocycles. The second-order valence-corrected chi connectivity index (χ2v) is 9.01. The predicted octanol–water partition coefficient (Wildman–Crippen LogP) is 1.54. The van der Waals surface area contributed by atoms with Crippen LogP contribution in [0.15, 0.2) is 12.4 Å². The third-order valence-electron chi connectivity index (χ3n) is 6.94. The lowest BCUT2D eigenvalue weighted by Gasteiger charge is -2.41. The summed E-state index contributed by atoms with van der Waals surface area (Å²) in [6.45, 7) is 6.00. The van der Waals surface area contributed by atoms with Crippen molar-refractivity contribution in [3.05, 3.63) is 18.0 Å². The van der Waals surface area contributed by atoms with E-state index in [-0.39, 0.29) is 43.2 Å². The summed E-state index contributed by atoms with van der Waals surface area (Å²) in [6.07, 6.45) is 3.13. The van der Waals surface area contributed by atoms with Crippen LogP contribution in [-0.4, -0.2) is 107 Å². The molecule has 4 rings (SSSR count). The Bertz CT molecular complexity index is 866. The van der Waals surface area contributed by atoms with Crippen molar-refractivity contribution in [1.82, 2.24) is 19.7 Å². The van der Waals surface area contributed by atoms with Crippen LogP contribution >= 0.6 is 0 Å². The third-order valence-corrected chi connectivity index (χ3v) is 6.94. The van der Waals surface area contributed by atoms with Crippen LogP contribution in [0.3, 0.4) is 0 Å². The summed E-state index contributed by atoms with van der Waals surface area (Å²) in [5.74, 6) is 0.318. The molecule has 2 atom stereocenters. The highest BCUT2D eigenvalue weighted by molar-refractivity contribution is 5.99. The van der Waals surface area contributed by atoms with E-state index in [1.807, 2.05) is 11.9 Å². The smallest absolute Gasteiger partial charge is 0.407 e. The third kappa shape index (κ3) is 3.66. The van der Waals surface area contributed by atoms with Crippen LogP contribution in [-0.2, 0) is 0 Å². The number of alkyl halides is 1. The largest absolute Gasteiger partial charge is 0.488 e. The van der Waals surface area contributed by atoms with E-state index >= 15 is 0 Å². The minimum absolute atomic E-state index is 0.149. The van der Waals surface area contributed by atoms with E-state index in [9.17, 15) is 19.1 Å². The molecule has 3 aliphatic heterocycles. The maximum absolute atomic E-state index is 13.3. The van der Waals surface area contributed by atoms with Gasteiger partial charge in [-0.2, -0.15) is 0 Å². The van der Waals surface area contributed by atoms with Crippen LogP contribution in [0.5, 0.6) is 5.75 Å². The molecular formula is C21H30FN5O4. The van der Waals surface area contributed by atoms with Gasteiger partial charge < -0.3 is 24.5 Å². The second kappa shape index (κ2) is 8.14. The zero-order valence-corrected chi connectivity index (χ0v) is 18.3. The topological polar surface area (TPSA) is 89.4 Å². The number of fused-ring (bicyclic) bond motifs is 2. The zero-order valence-electron chi connectivity index (χ0n) is 18.3. The van der Waals surface area contributed by atoms with Crippen LogP contribution in [0.1, 0.15) is 30.6 Å². The van der Waals surface area contributed by atoms with Gasteiger partial charge in [-0.15, -0.1) is 0 Å². The number of piperazine rings is 1. The number of carboxylic acid groups (broad SMARTS) is 1. The van der Waals surface area contributed by atoms with E-state index in [4.69, 9.17) is 4.74 Å². The molecule has 0 bridgehead atoms. The van der Waals surface area contributed by atoms with Gasteiger partial charge in [0, 0.05) is 45.0 Å². The second-order valence-electron chi connectivity index (χ2n) is 9.01. The van der Waals surface area contributed by atoms with E-state index in [2.05, 4.69) is 23.7 Å². The van der Waals surface area contributed by atoms with E-state index < -0.39 is 12.8 Å². The SMILES string of the molecule is CN(CCF)C1CCN(c2cncc3c2OCC2CN(C(=O)O)CCN2C3=O)C1(C)C. The van der Waals surface area contributed by atoms with Crippen LogP contribution in [0.2, 0.25) is 0 Å². The molecule has 31 heavy (non-hydrogen) atoms. The molecule has 0 radical (unpaired) electrons. The lowest BCUT2D eigenvalue weighted by atomic mass is 9.94. The fraction of sp³-hybridized carbons (Fsp3) is 0.667. The highest BCUT2D eigenvalue weighted by atomic mass is 19.1. The number of carbonyl (C=O) groups excluding carboxylic acids is 1. The fourth-order valence-electron chi connectivity index (χ4n) is 5.26. The van der Waals surface area contributed by atoms with Crippen LogP contribution < -0.4 is 9.64 Å². The molecule has 2 fully saturated rings. The maximum atomic E-state index is 13.3. The van der Waals surface area contributed by atoms with Crippen molar-refractivity contribution in [3.8, 4) is 5.75 Å². The summed E-state index contributed by atoms with van der Waals surface area (Å²) in [5, 5.41) is 9.33. The molecule has 2 amide bonds. The molecule has 1 aromatic rings. The molecule has 2 saturated heterocycles. The first-order valence-corrected chi connectivity index (χ1v) is 10.7. The first kappa shape index (κ1) is 21.6. The van der Waals surface area contributed by atoms with Crippen molar-refractivity contribution in [3.63, 3.8) is 0 Å². The number of amides is 2. The molecule has 1 aromatic heterocycles. The molecule has 0 aromatic carbocycles. The molecule has 0 saturated carbocycles. The minimum atomic E-state index is -0.988. The first-order valence-electron chi connectivity index (χ1n) is 10.7. The number of halogens is 1. The zero-order chi connectivity index (χ0) is 22.3. The highest BCUT2D eigenvalue weighted by Crippen LogP contribution is 2.43. The van der Waals surface area contributed by atoms with Gasteiger partial charge in [-0.05, 0) is 27.3 Å². The van der Waals surface area contributed by atoms with Crippen molar-refractivity contribution >= 4 is 17.7 Å². The van der Waals surface area contributed by atoms with Gasteiger partial charge in [-0.3, -0.25) is 14.7 Å². The Hall–Kier alpha value is -2.62. The van der Waals surface area contributed by atoms with Gasteiger partial charge in [0.1, 0.15) is 18.8 Å². The van der Waals surface area contributed by atoms with Crippen molar-refractivity contribution in [2.45, 2.75) is 37.9 Å². The number of likely N-dealkylation sites (N-methyl/N-ethyl adjacent to an activating group) is 1. The lowest BCUT2D eigenvalue weighted by molar-refractivity contribution is 0.0390. The first-order chi connectivity index (χ1) is 14.8. The maximum Gasteiger partial charge on any atom is 0.407 e. The fourth-order valence-corrected chi connectivity index (χ4v) is 5.26. The van der Waals surface area contributed by atoms with Crippen LogP contribution in [0.4, 0.5) is 14.9 Å². The van der Waals surface area contributed by atoms with E-state index in [0.29, 0.717) is 24.4 Å². The number of aromatic nitrogens is 1. The van der Waals surface area contributed by atoms with Gasteiger partial charge in [-0.1, -0.05) is 0 Å². The van der Waals surface area contributed by atoms with E-state index in [1.165, 1.54) is 11.1 Å². The quantitative estimate of drug-likeness (QED) is 0.767. The standard InChI is InChI=1S/C21H30FN5O4/c1-21(2)17(24(3)7-5-22)4-6-27(21)16-11-23-10-15-18(16)31-13-14-12-25(20(29)30)8-9-26(14)19(15)28/h10-11,14,17H,4-9,12-13H2,1-3H3,(H,29,30). The number of ether oxygens (including phenoxy) is 1. The average Bonchev–Trinajstić information content (AvgIpc) is 2.97. The highest BCUT2D eigenvalue weighted by Gasteiger charge is 2.45. The summed E-state index contributed by atoms with van der Waals surface area (Å²) in [6, 6.07) is -0.191. The van der Waals surface area contributed by atoms with Gasteiger partial charge in [0.2, 0.25) is 0 Å². The van der Waals surface area contributed by atoms with Crippen molar-refractivity contribution in [2.24, 2.45) is 0 Å². The molecule has 0 spiro atoms. The Morgan fingerprint density at radius 3 is 2.84 bits per heavy atom. The predicted molar refractivity (Wildman–Crippen MR) is 113 cm³/mol.